The molecule has 0 radical (unpaired) electrons. The molecule has 0 aromatic carbocycles. The van der Waals surface area contributed by atoms with E-state index in [4.69, 9.17) is 9.73 Å². The average Bonchev–Trinajstić information content (AvgIpc) is 2.25. The lowest BCUT2D eigenvalue weighted by atomic mass is 9.43. The Morgan fingerprint density at radius 3 is 2.56 bits per heavy atom. The maximum atomic E-state index is 12.1. The fourth-order valence-corrected chi connectivity index (χ4v) is 4.16. The van der Waals surface area contributed by atoms with Crippen molar-refractivity contribution in [1.82, 2.24) is 0 Å². The maximum absolute atomic E-state index is 12.1. The third-order valence-electron chi connectivity index (χ3n) is 5.63. The summed E-state index contributed by atoms with van der Waals surface area (Å²) in [5.74, 6) is 1.26. The minimum Gasteiger partial charge on any atom is -0.451 e. The monoisotopic (exact) mass is 249 g/mol. The summed E-state index contributed by atoms with van der Waals surface area (Å²) in [7, 11) is 0. The van der Waals surface area contributed by atoms with Crippen LogP contribution in [0.1, 0.15) is 47.5 Å². The predicted octanol–water partition coefficient (Wildman–Crippen LogP) is 2.83. The summed E-state index contributed by atoms with van der Waals surface area (Å²) in [6, 6.07) is -0.284. The van der Waals surface area contributed by atoms with Gasteiger partial charge in [-0.3, -0.25) is 4.99 Å². The van der Waals surface area contributed by atoms with Gasteiger partial charge in [0, 0.05) is 5.92 Å². The second kappa shape index (κ2) is 3.37. The van der Waals surface area contributed by atoms with Crippen molar-refractivity contribution in [1.29, 1.82) is 0 Å². The molecule has 0 spiro atoms. The van der Waals surface area contributed by atoms with E-state index in [9.17, 15) is 4.79 Å². The standard InChI is InChI=1S/C15H23NO2/c1-8(2)12-13(17)18-15(5)10-6-9(14(10,3)4)7-11(15)16-12/h8-10,12H,6-7H2,1-5H3. The van der Waals surface area contributed by atoms with Gasteiger partial charge in [0.15, 0.2) is 5.60 Å². The first-order chi connectivity index (χ1) is 8.26. The van der Waals surface area contributed by atoms with Crippen LogP contribution in [0.5, 0.6) is 0 Å². The van der Waals surface area contributed by atoms with Crippen LogP contribution >= 0.6 is 0 Å². The third kappa shape index (κ3) is 1.31. The van der Waals surface area contributed by atoms with E-state index in [1.165, 1.54) is 6.42 Å². The Hall–Kier alpha value is -0.860. The molecule has 100 valence electrons. The molecule has 3 nitrogen and oxygen atoms in total. The van der Waals surface area contributed by atoms with Crippen LogP contribution in [0.4, 0.5) is 0 Å². The van der Waals surface area contributed by atoms with Gasteiger partial charge in [-0.15, -0.1) is 0 Å². The van der Waals surface area contributed by atoms with Crippen molar-refractivity contribution in [3.05, 3.63) is 0 Å². The highest BCUT2D eigenvalue weighted by molar-refractivity contribution is 6.00. The molecule has 0 aromatic heterocycles. The Morgan fingerprint density at radius 1 is 1.33 bits per heavy atom. The first-order valence-corrected chi connectivity index (χ1v) is 7.07. The molecule has 3 aliphatic carbocycles. The molecule has 3 saturated carbocycles. The Kier molecular flexibility index (Phi) is 2.28. The zero-order chi connectivity index (χ0) is 13.3. The van der Waals surface area contributed by atoms with E-state index >= 15 is 0 Å². The van der Waals surface area contributed by atoms with Gasteiger partial charge in [0.05, 0.1) is 5.71 Å². The Morgan fingerprint density at radius 2 is 2.00 bits per heavy atom. The number of hydrogen-bond donors (Lipinski definition) is 0. The Labute approximate surface area is 109 Å². The average molecular weight is 249 g/mol. The highest BCUT2D eigenvalue weighted by Gasteiger charge is 2.65. The van der Waals surface area contributed by atoms with Crippen LogP contribution in [-0.2, 0) is 9.53 Å². The summed E-state index contributed by atoms with van der Waals surface area (Å²) in [6.45, 7) is 10.7. The number of rotatable bonds is 1. The number of carbonyl (C=O) groups is 1. The van der Waals surface area contributed by atoms with Crippen molar-refractivity contribution in [3.8, 4) is 0 Å². The quantitative estimate of drug-likeness (QED) is 0.670. The first-order valence-electron chi connectivity index (χ1n) is 7.07. The molecule has 2 bridgehead atoms. The summed E-state index contributed by atoms with van der Waals surface area (Å²) >= 11 is 0. The van der Waals surface area contributed by atoms with Gasteiger partial charge in [0.25, 0.3) is 0 Å². The van der Waals surface area contributed by atoms with Crippen LogP contribution in [0, 0.1) is 23.2 Å². The van der Waals surface area contributed by atoms with Crippen LogP contribution in [0.15, 0.2) is 4.99 Å². The Balaban J connectivity index is 2.00. The lowest BCUT2D eigenvalue weighted by Crippen LogP contribution is -2.68. The molecule has 0 aromatic rings. The lowest BCUT2D eigenvalue weighted by molar-refractivity contribution is -0.188. The van der Waals surface area contributed by atoms with Gasteiger partial charge in [-0.1, -0.05) is 27.7 Å². The molecule has 0 N–H and O–H groups in total. The van der Waals surface area contributed by atoms with E-state index < -0.39 is 5.60 Å². The van der Waals surface area contributed by atoms with E-state index in [0.717, 1.165) is 18.1 Å². The third-order valence-corrected chi connectivity index (χ3v) is 5.63. The molecule has 4 rings (SSSR count). The van der Waals surface area contributed by atoms with Gasteiger partial charge >= 0.3 is 5.97 Å². The van der Waals surface area contributed by atoms with Crippen molar-refractivity contribution in [2.45, 2.75) is 59.1 Å². The minimum atomic E-state index is -0.430. The highest BCUT2D eigenvalue weighted by Crippen LogP contribution is 2.63. The molecule has 0 saturated heterocycles. The molecule has 4 aliphatic rings. The van der Waals surface area contributed by atoms with Gasteiger partial charge in [0.2, 0.25) is 0 Å². The summed E-state index contributed by atoms with van der Waals surface area (Å²) in [4.78, 5) is 16.9. The molecule has 0 amide bonds. The van der Waals surface area contributed by atoms with Crippen LogP contribution in [0.2, 0.25) is 0 Å². The van der Waals surface area contributed by atoms with Crippen molar-refractivity contribution in [2.24, 2.45) is 28.2 Å². The van der Waals surface area contributed by atoms with Gasteiger partial charge in [-0.05, 0) is 37.0 Å². The summed E-state index contributed by atoms with van der Waals surface area (Å²) in [5.41, 5.74) is 1.00. The van der Waals surface area contributed by atoms with Crippen molar-refractivity contribution in [3.63, 3.8) is 0 Å². The molecular formula is C15H23NO2. The van der Waals surface area contributed by atoms with Crippen LogP contribution in [0.25, 0.3) is 0 Å². The van der Waals surface area contributed by atoms with E-state index in [2.05, 4.69) is 20.8 Å². The lowest BCUT2D eigenvalue weighted by Gasteiger charge is -2.64. The SMILES string of the molecule is CC(C)C1N=C2CC3CC(C2(C)OC1=O)C3(C)C. The number of esters is 1. The summed E-state index contributed by atoms with van der Waals surface area (Å²) < 4.78 is 5.87. The van der Waals surface area contributed by atoms with Gasteiger partial charge in [-0.2, -0.15) is 0 Å². The fraction of sp³-hybridized carbons (Fsp3) is 0.867. The molecule has 18 heavy (non-hydrogen) atoms. The number of carbonyl (C=O) groups excluding carboxylic acids is 1. The van der Waals surface area contributed by atoms with Crippen LogP contribution in [-0.4, -0.2) is 23.3 Å². The fourth-order valence-electron chi connectivity index (χ4n) is 4.16. The van der Waals surface area contributed by atoms with Crippen LogP contribution < -0.4 is 0 Å². The van der Waals surface area contributed by atoms with E-state index in [-0.39, 0.29) is 17.9 Å². The van der Waals surface area contributed by atoms with Crippen molar-refractivity contribution < 1.29 is 9.53 Å². The molecule has 3 heteroatoms. The summed E-state index contributed by atoms with van der Waals surface area (Å²) in [6.07, 6.45) is 2.19. The van der Waals surface area contributed by atoms with Crippen molar-refractivity contribution in [2.75, 3.05) is 0 Å². The molecule has 4 atom stereocenters. The molecule has 1 heterocycles. The zero-order valence-corrected chi connectivity index (χ0v) is 12.0. The second-order valence-electron chi connectivity index (χ2n) is 7.30. The topological polar surface area (TPSA) is 38.7 Å². The number of nitrogens with zero attached hydrogens (tertiary/aromatic N) is 1. The zero-order valence-electron chi connectivity index (χ0n) is 12.0. The van der Waals surface area contributed by atoms with Gasteiger partial charge in [-0.25, -0.2) is 4.79 Å². The molecule has 1 aliphatic heterocycles. The largest absolute Gasteiger partial charge is 0.451 e. The van der Waals surface area contributed by atoms with Crippen molar-refractivity contribution >= 4 is 11.7 Å². The van der Waals surface area contributed by atoms with Gasteiger partial charge < -0.3 is 4.74 Å². The molecular weight excluding hydrogens is 226 g/mol. The van der Waals surface area contributed by atoms with E-state index in [1.807, 2.05) is 13.8 Å². The van der Waals surface area contributed by atoms with E-state index in [1.54, 1.807) is 0 Å². The normalized spacial score (nSPS) is 44.9. The highest BCUT2D eigenvalue weighted by atomic mass is 16.6. The molecule has 3 fully saturated rings. The summed E-state index contributed by atoms with van der Waals surface area (Å²) in [5, 5.41) is 0. The smallest absolute Gasteiger partial charge is 0.332 e. The molecule has 4 unspecified atom stereocenters. The number of hydrogen-bond acceptors (Lipinski definition) is 3. The number of ether oxygens (including phenoxy) is 1. The van der Waals surface area contributed by atoms with Crippen LogP contribution in [0.3, 0.4) is 0 Å². The minimum absolute atomic E-state index is 0.127. The maximum Gasteiger partial charge on any atom is 0.332 e. The van der Waals surface area contributed by atoms with E-state index in [0.29, 0.717) is 11.3 Å². The predicted molar refractivity (Wildman–Crippen MR) is 70.6 cm³/mol. The second-order valence-corrected chi connectivity index (χ2v) is 7.30. The Bertz CT molecular complexity index is 438. The van der Waals surface area contributed by atoms with Gasteiger partial charge in [0.1, 0.15) is 6.04 Å². The first kappa shape index (κ1) is 12.2. The number of aliphatic imine (C=N–C) groups is 1.